The Kier molecular flexibility index (Phi) is 9.94. The summed E-state index contributed by atoms with van der Waals surface area (Å²) >= 11 is 6.07. The van der Waals surface area contributed by atoms with Crippen molar-refractivity contribution in [3.8, 4) is 17.6 Å². The van der Waals surface area contributed by atoms with Gasteiger partial charge in [-0.25, -0.2) is 0 Å². The topological polar surface area (TPSA) is 62.7 Å². The summed E-state index contributed by atoms with van der Waals surface area (Å²) in [6.45, 7) is 1.89. The van der Waals surface area contributed by atoms with Crippen LogP contribution in [0.2, 0.25) is 5.02 Å². The van der Waals surface area contributed by atoms with Gasteiger partial charge in [0.15, 0.2) is 0 Å². The Bertz CT molecular complexity index is 1400. The average molecular weight is 573 g/mol. The van der Waals surface area contributed by atoms with Gasteiger partial charge < -0.3 is 9.84 Å². The highest BCUT2D eigenvalue weighted by Gasteiger charge is 2.31. The molecule has 5 nitrogen and oxygen atoms in total. The fraction of sp³-hybridized carbons (Fsp3) is 0.419. The number of aliphatic carboxylic acids is 1. The molecule has 1 aliphatic rings. The summed E-state index contributed by atoms with van der Waals surface area (Å²) in [5.74, 6) is 6.35. The number of fused-ring (bicyclic) bond motifs is 1. The highest BCUT2D eigenvalue weighted by molar-refractivity contribution is 6.31. The van der Waals surface area contributed by atoms with Gasteiger partial charge in [0.05, 0.1) is 29.8 Å². The van der Waals surface area contributed by atoms with Crippen LogP contribution in [0.1, 0.15) is 48.8 Å². The largest absolute Gasteiger partial charge is 0.497 e. The Labute approximate surface area is 237 Å². The van der Waals surface area contributed by atoms with Crippen LogP contribution in [0.25, 0.3) is 10.9 Å². The molecule has 0 saturated carbocycles. The maximum atomic E-state index is 13.1. The van der Waals surface area contributed by atoms with Crippen molar-refractivity contribution in [2.75, 3.05) is 26.7 Å². The molecule has 1 N–H and O–H groups in total. The molecule has 2 aromatic carbocycles. The van der Waals surface area contributed by atoms with Crippen LogP contribution in [0.5, 0.6) is 5.75 Å². The van der Waals surface area contributed by atoms with Crippen molar-refractivity contribution < 1.29 is 27.8 Å². The van der Waals surface area contributed by atoms with Crippen molar-refractivity contribution >= 4 is 28.5 Å². The first-order chi connectivity index (χ1) is 19.1. The molecule has 2 unspecified atom stereocenters. The van der Waals surface area contributed by atoms with Crippen LogP contribution in [0.4, 0.5) is 13.2 Å². The lowest BCUT2D eigenvalue weighted by atomic mass is 9.79. The maximum absolute atomic E-state index is 13.1. The predicted octanol–water partition coefficient (Wildman–Crippen LogP) is 7.09. The van der Waals surface area contributed by atoms with E-state index < -0.39 is 17.7 Å². The Morgan fingerprint density at radius 1 is 1.18 bits per heavy atom. The van der Waals surface area contributed by atoms with Gasteiger partial charge in [0.1, 0.15) is 5.75 Å². The molecule has 40 heavy (non-hydrogen) atoms. The van der Waals surface area contributed by atoms with Gasteiger partial charge in [-0.3, -0.25) is 14.7 Å². The number of piperidine rings is 1. The molecule has 0 radical (unpaired) electrons. The van der Waals surface area contributed by atoms with Crippen molar-refractivity contribution in [1.82, 2.24) is 9.88 Å². The lowest BCUT2D eigenvalue weighted by Crippen LogP contribution is -2.41. The smallest absolute Gasteiger partial charge is 0.416 e. The highest BCUT2D eigenvalue weighted by Crippen LogP contribution is 2.33. The third kappa shape index (κ3) is 7.89. The van der Waals surface area contributed by atoms with E-state index in [1.807, 2.05) is 30.5 Å². The molecule has 3 aromatic rings. The summed E-state index contributed by atoms with van der Waals surface area (Å²) in [6.07, 6.45) is 1.82. The van der Waals surface area contributed by atoms with E-state index in [4.69, 9.17) is 16.3 Å². The van der Waals surface area contributed by atoms with Crippen molar-refractivity contribution in [2.45, 2.75) is 44.7 Å². The molecule has 9 heteroatoms. The number of hydrogen-bond acceptors (Lipinski definition) is 4. The molecule has 0 bridgehead atoms. The lowest BCUT2D eigenvalue weighted by Gasteiger charge is -2.38. The Balaban J connectivity index is 1.38. The van der Waals surface area contributed by atoms with Gasteiger partial charge in [0.25, 0.3) is 0 Å². The number of carboxylic acid groups (broad SMARTS) is 1. The Morgan fingerprint density at radius 2 is 2.00 bits per heavy atom. The first-order valence-electron chi connectivity index (χ1n) is 13.4. The SMILES string of the molecule is COc1ccc2nccc(CCCC3CCN(CC#Cc4cc(C(F)(F)F)ccc4Cl)CC3CCC(=O)O)c2c1. The third-order valence-electron chi connectivity index (χ3n) is 7.58. The number of aryl methyl sites for hydroxylation is 1. The normalized spacial score (nSPS) is 17.8. The summed E-state index contributed by atoms with van der Waals surface area (Å²) < 4.78 is 44.6. The van der Waals surface area contributed by atoms with Crippen molar-refractivity contribution in [2.24, 2.45) is 11.8 Å². The second kappa shape index (κ2) is 13.4. The van der Waals surface area contributed by atoms with Gasteiger partial charge in [-0.05, 0) is 98.5 Å². The molecule has 1 aromatic heterocycles. The fourth-order valence-electron chi connectivity index (χ4n) is 5.44. The number of alkyl halides is 3. The van der Waals surface area contributed by atoms with Crippen molar-refractivity contribution in [3.63, 3.8) is 0 Å². The molecule has 2 atom stereocenters. The molecule has 0 spiro atoms. The Hall–Kier alpha value is -3.28. The zero-order valence-electron chi connectivity index (χ0n) is 22.3. The molecule has 4 rings (SSSR count). The van der Waals surface area contributed by atoms with Crippen LogP contribution in [0.3, 0.4) is 0 Å². The van der Waals surface area contributed by atoms with Crippen LogP contribution < -0.4 is 4.74 Å². The second-order valence-electron chi connectivity index (χ2n) is 10.2. The number of ether oxygens (including phenoxy) is 1. The number of nitrogens with zero attached hydrogens (tertiary/aromatic N) is 2. The van der Waals surface area contributed by atoms with E-state index in [0.717, 1.165) is 61.0 Å². The van der Waals surface area contributed by atoms with E-state index in [0.29, 0.717) is 25.4 Å². The van der Waals surface area contributed by atoms with Crippen LogP contribution in [-0.4, -0.2) is 47.7 Å². The maximum Gasteiger partial charge on any atom is 0.416 e. The molecular weight excluding hydrogens is 541 g/mol. The molecule has 212 valence electrons. The van der Waals surface area contributed by atoms with E-state index in [2.05, 4.69) is 21.7 Å². The van der Waals surface area contributed by atoms with Crippen molar-refractivity contribution in [3.05, 3.63) is 70.4 Å². The molecule has 1 fully saturated rings. The molecule has 2 heterocycles. The minimum absolute atomic E-state index is 0.106. The second-order valence-corrected chi connectivity index (χ2v) is 10.6. The molecule has 0 amide bonds. The minimum Gasteiger partial charge on any atom is -0.497 e. The number of likely N-dealkylation sites (tertiary alicyclic amines) is 1. The molecule has 1 aliphatic heterocycles. The number of methoxy groups -OCH3 is 1. The summed E-state index contributed by atoms with van der Waals surface area (Å²) in [5, 5.41) is 10.6. The van der Waals surface area contributed by atoms with Gasteiger partial charge in [0, 0.05) is 30.1 Å². The number of pyridine rings is 1. The zero-order chi connectivity index (χ0) is 28.7. The van der Waals surface area contributed by atoms with Crippen molar-refractivity contribution in [1.29, 1.82) is 0 Å². The monoisotopic (exact) mass is 572 g/mol. The van der Waals surface area contributed by atoms with Crippen LogP contribution in [0.15, 0.2) is 48.7 Å². The average Bonchev–Trinajstić information content (AvgIpc) is 2.93. The van der Waals surface area contributed by atoms with Gasteiger partial charge in [-0.1, -0.05) is 23.4 Å². The number of aromatic nitrogens is 1. The number of hydrogen-bond donors (Lipinski definition) is 1. The molecule has 0 aliphatic carbocycles. The van der Waals surface area contributed by atoms with E-state index in [1.54, 1.807) is 7.11 Å². The highest BCUT2D eigenvalue weighted by atomic mass is 35.5. The van der Waals surface area contributed by atoms with Crippen LogP contribution in [0, 0.1) is 23.7 Å². The zero-order valence-corrected chi connectivity index (χ0v) is 23.1. The first kappa shape index (κ1) is 29.7. The fourth-order valence-corrected chi connectivity index (χ4v) is 5.61. The first-order valence-corrected chi connectivity index (χ1v) is 13.7. The molecule has 1 saturated heterocycles. The summed E-state index contributed by atoms with van der Waals surface area (Å²) in [5.41, 5.74) is 1.51. The molecular formula is C31H32ClF3N2O3. The number of carboxylic acids is 1. The number of rotatable bonds is 9. The Morgan fingerprint density at radius 3 is 2.75 bits per heavy atom. The lowest BCUT2D eigenvalue weighted by molar-refractivity contribution is -0.138. The van der Waals surface area contributed by atoms with Gasteiger partial charge in [0.2, 0.25) is 0 Å². The third-order valence-corrected chi connectivity index (χ3v) is 7.91. The van der Waals surface area contributed by atoms with E-state index in [1.165, 1.54) is 11.6 Å². The van der Waals surface area contributed by atoms with Crippen LogP contribution in [-0.2, 0) is 17.4 Å². The van der Waals surface area contributed by atoms with E-state index >= 15 is 0 Å². The van der Waals surface area contributed by atoms with Gasteiger partial charge in [-0.15, -0.1) is 0 Å². The minimum atomic E-state index is -4.46. The summed E-state index contributed by atoms with van der Waals surface area (Å²) in [4.78, 5) is 17.9. The van der Waals surface area contributed by atoms with E-state index in [9.17, 15) is 23.1 Å². The van der Waals surface area contributed by atoms with Gasteiger partial charge in [-0.2, -0.15) is 13.2 Å². The van der Waals surface area contributed by atoms with E-state index in [-0.39, 0.29) is 22.9 Å². The number of benzene rings is 2. The summed E-state index contributed by atoms with van der Waals surface area (Å²) in [6, 6.07) is 11.0. The number of carbonyl (C=O) groups is 1. The summed E-state index contributed by atoms with van der Waals surface area (Å²) in [7, 11) is 1.65. The standard InChI is InChI=1S/C31H32ClF3N2O3/c1-40-26-9-11-29-27(19-26)22(13-15-36-29)5-2-4-21-14-17-37(20-24(21)7-12-30(38)39)16-3-6-23-18-25(31(33,34)35)8-10-28(23)32/h8-11,13,15,18-19,21,24H,2,4-5,7,12,14,16-17,20H2,1H3,(H,38,39). The quantitative estimate of drug-likeness (QED) is 0.277. The van der Waals surface area contributed by atoms with Crippen LogP contribution >= 0.6 is 11.6 Å². The number of halogens is 4. The van der Waals surface area contributed by atoms with Gasteiger partial charge >= 0.3 is 12.1 Å². The predicted molar refractivity (Wildman–Crippen MR) is 149 cm³/mol.